The number of nitrogens with zero attached hydrogens (tertiary/aromatic N) is 2. The second-order valence-electron chi connectivity index (χ2n) is 3.97. The second kappa shape index (κ2) is 4.11. The van der Waals surface area contributed by atoms with Crippen molar-refractivity contribution in [3.05, 3.63) is 18.2 Å². The number of aromatic nitrogens is 2. The summed E-state index contributed by atoms with van der Waals surface area (Å²) in [7, 11) is 1.96. The van der Waals surface area contributed by atoms with Crippen molar-refractivity contribution in [1.82, 2.24) is 9.55 Å². The van der Waals surface area contributed by atoms with E-state index < -0.39 is 0 Å². The predicted molar refractivity (Wildman–Crippen MR) is 53.7 cm³/mol. The minimum absolute atomic E-state index is 0.0245. The van der Waals surface area contributed by atoms with Gasteiger partial charge in [-0.1, -0.05) is 0 Å². The largest absolute Gasteiger partial charge is 0.381 e. The molecule has 0 bridgehead atoms. The van der Waals surface area contributed by atoms with Crippen molar-refractivity contribution in [2.45, 2.75) is 18.9 Å². The van der Waals surface area contributed by atoms with E-state index in [2.05, 4.69) is 4.98 Å². The van der Waals surface area contributed by atoms with E-state index in [4.69, 9.17) is 10.5 Å². The van der Waals surface area contributed by atoms with Gasteiger partial charge in [0, 0.05) is 25.8 Å². The Balaban J connectivity index is 2.03. The van der Waals surface area contributed by atoms with Gasteiger partial charge in [0.15, 0.2) is 0 Å². The number of hydrogen-bond acceptors (Lipinski definition) is 3. The lowest BCUT2D eigenvalue weighted by Gasteiger charge is -2.26. The van der Waals surface area contributed by atoms with Gasteiger partial charge >= 0.3 is 0 Å². The maximum Gasteiger partial charge on any atom is 0.0947 e. The Bertz CT molecular complexity index is 291. The van der Waals surface area contributed by atoms with Gasteiger partial charge < -0.3 is 15.0 Å². The quantitative estimate of drug-likeness (QED) is 0.761. The summed E-state index contributed by atoms with van der Waals surface area (Å²) in [5, 5.41) is 0. The van der Waals surface area contributed by atoms with Gasteiger partial charge in [-0.15, -0.1) is 0 Å². The van der Waals surface area contributed by atoms with Crippen LogP contribution < -0.4 is 5.73 Å². The molecule has 1 aromatic rings. The number of imidazole rings is 1. The van der Waals surface area contributed by atoms with Gasteiger partial charge in [0.1, 0.15) is 0 Å². The standard InChI is InChI=1S/C10H17N3O/c1-13-5-9(12-7-13)10(11)8-3-2-4-14-6-8/h5,7-8,10H,2-4,6,11H2,1H3. The van der Waals surface area contributed by atoms with Crippen molar-refractivity contribution in [2.24, 2.45) is 18.7 Å². The Labute approximate surface area is 84.1 Å². The van der Waals surface area contributed by atoms with Gasteiger partial charge in [0.05, 0.1) is 24.7 Å². The van der Waals surface area contributed by atoms with Crippen LogP contribution in [0.15, 0.2) is 12.5 Å². The van der Waals surface area contributed by atoms with Crippen molar-refractivity contribution >= 4 is 0 Å². The van der Waals surface area contributed by atoms with Gasteiger partial charge in [0.2, 0.25) is 0 Å². The predicted octanol–water partition coefficient (Wildman–Crippen LogP) is 0.846. The third-order valence-electron chi connectivity index (χ3n) is 2.77. The summed E-state index contributed by atoms with van der Waals surface area (Å²) >= 11 is 0. The fourth-order valence-corrected chi connectivity index (χ4v) is 1.90. The summed E-state index contributed by atoms with van der Waals surface area (Å²) in [4.78, 5) is 4.27. The van der Waals surface area contributed by atoms with Crippen LogP contribution in [0.3, 0.4) is 0 Å². The molecule has 2 N–H and O–H groups in total. The van der Waals surface area contributed by atoms with Gasteiger partial charge in [-0.05, 0) is 12.8 Å². The number of rotatable bonds is 2. The first-order valence-corrected chi connectivity index (χ1v) is 5.08. The molecule has 0 aromatic carbocycles. The highest BCUT2D eigenvalue weighted by atomic mass is 16.5. The van der Waals surface area contributed by atoms with E-state index >= 15 is 0 Å². The molecule has 78 valence electrons. The summed E-state index contributed by atoms with van der Waals surface area (Å²) in [6.45, 7) is 1.66. The van der Waals surface area contributed by atoms with Gasteiger partial charge in [-0.2, -0.15) is 0 Å². The van der Waals surface area contributed by atoms with Crippen molar-refractivity contribution < 1.29 is 4.74 Å². The molecule has 1 fully saturated rings. The normalized spacial score (nSPS) is 24.9. The third-order valence-corrected chi connectivity index (χ3v) is 2.77. The summed E-state index contributed by atoms with van der Waals surface area (Å²) < 4.78 is 7.35. The SMILES string of the molecule is Cn1cnc(C(N)C2CCCOC2)c1. The average Bonchev–Trinajstić information content (AvgIpc) is 2.65. The van der Waals surface area contributed by atoms with E-state index in [0.717, 1.165) is 31.7 Å². The molecule has 2 rings (SSSR count). The first kappa shape index (κ1) is 9.68. The maximum absolute atomic E-state index is 6.13. The molecular formula is C10H17N3O. The fourth-order valence-electron chi connectivity index (χ4n) is 1.90. The zero-order chi connectivity index (χ0) is 9.97. The lowest BCUT2D eigenvalue weighted by Crippen LogP contribution is -2.29. The molecule has 1 aliphatic rings. The summed E-state index contributed by atoms with van der Waals surface area (Å²) in [6, 6.07) is 0.0245. The van der Waals surface area contributed by atoms with E-state index in [0.29, 0.717) is 5.92 Å². The van der Waals surface area contributed by atoms with Crippen molar-refractivity contribution in [3.63, 3.8) is 0 Å². The van der Waals surface area contributed by atoms with Gasteiger partial charge in [-0.25, -0.2) is 4.98 Å². The van der Waals surface area contributed by atoms with Crippen LogP contribution in [-0.2, 0) is 11.8 Å². The molecule has 2 heterocycles. The summed E-state index contributed by atoms with van der Waals surface area (Å²) in [5.74, 6) is 0.429. The van der Waals surface area contributed by atoms with Crippen LogP contribution in [0.1, 0.15) is 24.6 Å². The first-order valence-electron chi connectivity index (χ1n) is 5.08. The molecule has 1 saturated heterocycles. The smallest absolute Gasteiger partial charge is 0.0947 e. The lowest BCUT2D eigenvalue weighted by molar-refractivity contribution is 0.0443. The van der Waals surface area contributed by atoms with Crippen molar-refractivity contribution in [1.29, 1.82) is 0 Å². The first-order chi connectivity index (χ1) is 6.77. The Morgan fingerprint density at radius 2 is 2.57 bits per heavy atom. The van der Waals surface area contributed by atoms with Crippen LogP contribution in [0.25, 0.3) is 0 Å². The molecule has 0 amide bonds. The van der Waals surface area contributed by atoms with Crippen LogP contribution in [0.4, 0.5) is 0 Å². The van der Waals surface area contributed by atoms with E-state index in [-0.39, 0.29) is 6.04 Å². The van der Waals surface area contributed by atoms with E-state index in [1.54, 1.807) is 6.33 Å². The molecule has 2 atom stereocenters. The van der Waals surface area contributed by atoms with Crippen LogP contribution in [0, 0.1) is 5.92 Å². The van der Waals surface area contributed by atoms with Crippen LogP contribution in [-0.4, -0.2) is 22.8 Å². The highest BCUT2D eigenvalue weighted by Crippen LogP contribution is 2.25. The zero-order valence-electron chi connectivity index (χ0n) is 8.52. The summed E-state index contributed by atoms with van der Waals surface area (Å²) in [6.07, 6.45) is 6.04. The van der Waals surface area contributed by atoms with Crippen molar-refractivity contribution in [3.8, 4) is 0 Å². The molecule has 0 saturated carbocycles. The molecule has 0 aliphatic carbocycles. The van der Waals surface area contributed by atoms with Crippen LogP contribution in [0.5, 0.6) is 0 Å². The Morgan fingerprint density at radius 3 is 3.14 bits per heavy atom. The number of aryl methyl sites for hydroxylation is 1. The summed E-state index contributed by atoms with van der Waals surface area (Å²) in [5.41, 5.74) is 7.10. The third kappa shape index (κ3) is 1.96. The van der Waals surface area contributed by atoms with Crippen LogP contribution in [0.2, 0.25) is 0 Å². The van der Waals surface area contributed by atoms with E-state index in [1.165, 1.54) is 0 Å². The molecule has 1 aliphatic heterocycles. The lowest BCUT2D eigenvalue weighted by atomic mass is 9.93. The highest BCUT2D eigenvalue weighted by Gasteiger charge is 2.23. The molecular weight excluding hydrogens is 178 g/mol. The second-order valence-corrected chi connectivity index (χ2v) is 3.97. The molecule has 2 unspecified atom stereocenters. The minimum Gasteiger partial charge on any atom is -0.381 e. The average molecular weight is 195 g/mol. The highest BCUT2D eigenvalue weighted by molar-refractivity contribution is 5.04. The van der Waals surface area contributed by atoms with Crippen molar-refractivity contribution in [2.75, 3.05) is 13.2 Å². The Hall–Kier alpha value is -0.870. The number of hydrogen-bond donors (Lipinski definition) is 1. The Kier molecular flexibility index (Phi) is 2.84. The number of nitrogens with two attached hydrogens (primary N) is 1. The topological polar surface area (TPSA) is 53.1 Å². The maximum atomic E-state index is 6.13. The molecule has 1 aromatic heterocycles. The van der Waals surface area contributed by atoms with E-state index in [1.807, 2.05) is 17.8 Å². The molecule has 4 nitrogen and oxygen atoms in total. The molecule has 4 heteroatoms. The van der Waals surface area contributed by atoms with Gasteiger partial charge in [0.25, 0.3) is 0 Å². The van der Waals surface area contributed by atoms with Gasteiger partial charge in [-0.3, -0.25) is 0 Å². The van der Waals surface area contributed by atoms with Crippen LogP contribution >= 0.6 is 0 Å². The Morgan fingerprint density at radius 1 is 1.71 bits per heavy atom. The molecule has 0 radical (unpaired) electrons. The minimum atomic E-state index is 0.0245. The molecule has 14 heavy (non-hydrogen) atoms. The zero-order valence-corrected chi connectivity index (χ0v) is 8.52. The van der Waals surface area contributed by atoms with E-state index in [9.17, 15) is 0 Å². The number of ether oxygens (including phenoxy) is 1. The molecule has 0 spiro atoms. The monoisotopic (exact) mass is 195 g/mol. The fraction of sp³-hybridized carbons (Fsp3) is 0.700.